The number of thiazole rings is 1. The van der Waals surface area contributed by atoms with Crippen molar-refractivity contribution in [1.82, 2.24) is 9.38 Å². The zero-order chi connectivity index (χ0) is 11.5. The Labute approximate surface area is 101 Å². The summed E-state index contributed by atoms with van der Waals surface area (Å²) in [6.07, 6.45) is 3.96. The number of carbonyl (C=O) groups is 1. The van der Waals surface area contributed by atoms with Crippen molar-refractivity contribution < 1.29 is 9.90 Å². The Morgan fingerprint density at radius 3 is 3.25 bits per heavy atom. The van der Waals surface area contributed by atoms with Gasteiger partial charge in [0.05, 0.1) is 11.6 Å². The molecule has 2 aromatic heterocycles. The lowest BCUT2D eigenvalue weighted by atomic mass is 10.2. The van der Waals surface area contributed by atoms with Crippen LogP contribution in [0.3, 0.4) is 0 Å². The zero-order valence-electron chi connectivity index (χ0n) is 8.79. The van der Waals surface area contributed by atoms with Crippen LogP contribution in [-0.4, -0.2) is 26.2 Å². The minimum atomic E-state index is -0.738. The van der Waals surface area contributed by atoms with Gasteiger partial charge in [0.2, 0.25) is 0 Å². The highest BCUT2D eigenvalue weighted by atomic mass is 32.2. The topological polar surface area (TPSA) is 54.6 Å². The third-order valence-corrected chi connectivity index (χ3v) is 4.19. The molecule has 86 valence electrons. The maximum absolute atomic E-state index is 10.6. The SMILES string of the molecule is CC(CSCc1cn2ccsc2n1)C(=O)O. The lowest BCUT2D eigenvalue weighted by Gasteiger charge is -2.03. The van der Waals surface area contributed by atoms with Crippen LogP contribution in [0.4, 0.5) is 0 Å². The molecule has 6 heteroatoms. The van der Waals surface area contributed by atoms with Gasteiger partial charge in [0.15, 0.2) is 4.96 Å². The molecule has 16 heavy (non-hydrogen) atoms. The Kier molecular flexibility index (Phi) is 3.50. The van der Waals surface area contributed by atoms with Crippen LogP contribution >= 0.6 is 23.1 Å². The van der Waals surface area contributed by atoms with E-state index in [2.05, 4.69) is 4.98 Å². The number of nitrogens with zero attached hydrogens (tertiary/aromatic N) is 2. The van der Waals surface area contributed by atoms with E-state index in [0.29, 0.717) is 5.75 Å². The molecule has 0 aliphatic carbocycles. The van der Waals surface area contributed by atoms with Crippen molar-refractivity contribution in [3.63, 3.8) is 0 Å². The molecule has 0 saturated carbocycles. The highest BCUT2D eigenvalue weighted by molar-refractivity contribution is 7.98. The van der Waals surface area contributed by atoms with Gasteiger partial charge in [0.25, 0.3) is 0 Å². The molecule has 0 radical (unpaired) electrons. The molecule has 2 aromatic rings. The molecule has 1 N–H and O–H groups in total. The summed E-state index contributed by atoms with van der Waals surface area (Å²) in [5.41, 5.74) is 1.01. The van der Waals surface area contributed by atoms with E-state index in [1.807, 2.05) is 22.2 Å². The van der Waals surface area contributed by atoms with Gasteiger partial charge in [0.1, 0.15) is 0 Å². The third-order valence-electron chi connectivity index (χ3n) is 2.18. The molecular weight excluding hydrogens is 244 g/mol. The van der Waals surface area contributed by atoms with Crippen LogP contribution in [0, 0.1) is 5.92 Å². The van der Waals surface area contributed by atoms with Crippen molar-refractivity contribution in [3.8, 4) is 0 Å². The van der Waals surface area contributed by atoms with Crippen LogP contribution in [0.1, 0.15) is 12.6 Å². The maximum atomic E-state index is 10.6. The number of fused-ring (bicyclic) bond motifs is 1. The van der Waals surface area contributed by atoms with Crippen LogP contribution in [-0.2, 0) is 10.5 Å². The highest BCUT2D eigenvalue weighted by Gasteiger charge is 2.11. The molecule has 0 amide bonds. The Morgan fingerprint density at radius 1 is 1.75 bits per heavy atom. The van der Waals surface area contributed by atoms with E-state index in [1.165, 1.54) is 0 Å². The van der Waals surface area contributed by atoms with E-state index in [-0.39, 0.29) is 5.92 Å². The van der Waals surface area contributed by atoms with Gasteiger partial charge in [0, 0.05) is 29.3 Å². The Bertz CT molecular complexity index is 463. The summed E-state index contributed by atoms with van der Waals surface area (Å²) in [6, 6.07) is 0. The van der Waals surface area contributed by atoms with Crippen LogP contribution in [0.15, 0.2) is 17.8 Å². The molecule has 0 bridgehead atoms. The van der Waals surface area contributed by atoms with Gasteiger partial charge < -0.3 is 5.11 Å². The first-order valence-electron chi connectivity index (χ1n) is 4.88. The Balaban J connectivity index is 1.86. The maximum Gasteiger partial charge on any atom is 0.307 e. The van der Waals surface area contributed by atoms with Crippen molar-refractivity contribution in [2.45, 2.75) is 12.7 Å². The van der Waals surface area contributed by atoms with Crippen LogP contribution in [0.25, 0.3) is 4.96 Å². The number of hydrogen-bond donors (Lipinski definition) is 1. The van der Waals surface area contributed by atoms with E-state index < -0.39 is 5.97 Å². The van der Waals surface area contributed by atoms with Gasteiger partial charge >= 0.3 is 5.97 Å². The molecule has 0 spiro atoms. The molecule has 0 aromatic carbocycles. The van der Waals surface area contributed by atoms with E-state index in [9.17, 15) is 4.79 Å². The van der Waals surface area contributed by atoms with Crippen molar-refractivity contribution in [3.05, 3.63) is 23.5 Å². The second-order valence-corrected chi connectivity index (χ2v) is 5.48. The van der Waals surface area contributed by atoms with Crippen molar-refractivity contribution in [2.24, 2.45) is 5.92 Å². The van der Waals surface area contributed by atoms with Crippen LogP contribution < -0.4 is 0 Å². The van der Waals surface area contributed by atoms with Crippen molar-refractivity contribution in [2.75, 3.05) is 5.75 Å². The minimum absolute atomic E-state index is 0.297. The average molecular weight is 256 g/mol. The predicted molar refractivity (Wildman–Crippen MR) is 66.0 cm³/mol. The monoisotopic (exact) mass is 256 g/mol. The van der Waals surface area contributed by atoms with Gasteiger partial charge in [-0.15, -0.1) is 11.3 Å². The number of imidazole rings is 1. The summed E-state index contributed by atoms with van der Waals surface area (Å²) in [5, 5.41) is 10.7. The number of carboxylic acids is 1. The number of hydrogen-bond acceptors (Lipinski definition) is 4. The molecule has 4 nitrogen and oxygen atoms in total. The Hall–Kier alpha value is -1.01. The first-order valence-corrected chi connectivity index (χ1v) is 6.92. The van der Waals surface area contributed by atoms with Gasteiger partial charge in [-0.05, 0) is 0 Å². The fraction of sp³-hybridized carbons (Fsp3) is 0.400. The van der Waals surface area contributed by atoms with Crippen LogP contribution in [0.2, 0.25) is 0 Å². The Morgan fingerprint density at radius 2 is 2.56 bits per heavy atom. The standard InChI is InChI=1S/C10H12N2O2S2/c1-7(9(13)14)5-15-6-8-4-12-2-3-16-10(12)11-8/h2-4,7H,5-6H2,1H3,(H,13,14). The second-order valence-electron chi connectivity index (χ2n) is 3.58. The van der Waals surface area contributed by atoms with E-state index in [0.717, 1.165) is 16.4 Å². The molecule has 1 unspecified atom stereocenters. The van der Waals surface area contributed by atoms with E-state index in [4.69, 9.17) is 5.11 Å². The summed E-state index contributed by atoms with van der Waals surface area (Å²) in [4.78, 5) is 16.0. The largest absolute Gasteiger partial charge is 0.481 e. The zero-order valence-corrected chi connectivity index (χ0v) is 10.4. The quantitative estimate of drug-likeness (QED) is 0.892. The first kappa shape index (κ1) is 11.5. The van der Waals surface area contributed by atoms with Gasteiger partial charge in [-0.25, -0.2) is 4.98 Å². The summed E-state index contributed by atoms with van der Waals surface area (Å²) in [7, 11) is 0. The van der Waals surface area contributed by atoms with Gasteiger partial charge in [-0.1, -0.05) is 6.92 Å². The molecule has 2 heterocycles. The first-order chi connectivity index (χ1) is 7.66. The van der Waals surface area contributed by atoms with Gasteiger partial charge in [-0.3, -0.25) is 9.20 Å². The second kappa shape index (κ2) is 4.88. The number of thioether (sulfide) groups is 1. The normalized spacial score (nSPS) is 13.1. The third kappa shape index (κ3) is 2.56. The number of rotatable bonds is 5. The number of aromatic nitrogens is 2. The summed E-state index contributed by atoms with van der Waals surface area (Å²) in [5.74, 6) is 0.360. The summed E-state index contributed by atoms with van der Waals surface area (Å²) < 4.78 is 1.99. The number of aliphatic carboxylic acids is 1. The molecule has 0 saturated heterocycles. The molecule has 1 atom stereocenters. The fourth-order valence-electron chi connectivity index (χ4n) is 1.26. The van der Waals surface area contributed by atoms with Crippen molar-refractivity contribution in [1.29, 1.82) is 0 Å². The lowest BCUT2D eigenvalue weighted by molar-refractivity contribution is -0.140. The number of carboxylic acid groups (broad SMARTS) is 1. The average Bonchev–Trinajstić information content (AvgIpc) is 2.77. The highest BCUT2D eigenvalue weighted by Crippen LogP contribution is 2.17. The molecule has 0 fully saturated rings. The summed E-state index contributed by atoms with van der Waals surface area (Å²) in [6.45, 7) is 1.72. The fourth-order valence-corrected chi connectivity index (χ4v) is 2.94. The molecule has 0 aliphatic heterocycles. The summed E-state index contributed by atoms with van der Waals surface area (Å²) >= 11 is 3.21. The molecular formula is C10H12N2O2S2. The van der Waals surface area contributed by atoms with E-state index >= 15 is 0 Å². The smallest absolute Gasteiger partial charge is 0.307 e. The van der Waals surface area contributed by atoms with E-state index in [1.54, 1.807) is 30.0 Å². The minimum Gasteiger partial charge on any atom is -0.481 e. The molecule has 2 rings (SSSR count). The van der Waals surface area contributed by atoms with Gasteiger partial charge in [-0.2, -0.15) is 11.8 Å². The van der Waals surface area contributed by atoms with Crippen LogP contribution in [0.5, 0.6) is 0 Å². The van der Waals surface area contributed by atoms with Crippen molar-refractivity contribution >= 4 is 34.0 Å². The predicted octanol–water partition coefficient (Wildman–Crippen LogP) is 2.35. The lowest BCUT2D eigenvalue weighted by Crippen LogP contribution is -2.11. The molecule has 0 aliphatic rings.